The van der Waals surface area contributed by atoms with Crippen molar-refractivity contribution in [3.05, 3.63) is 24.3 Å². The van der Waals surface area contributed by atoms with Gasteiger partial charge in [-0.15, -0.1) is 0 Å². The Labute approximate surface area is 132 Å². The monoisotopic (exact) mass is 325 g/mol. The zero-order chi connectivity index (χ0) is 16.3. The Morgan fingerprint density at radius 1 is 1.27 bits per heavy atom. The first-order valence-corrected chi connectivity index (χ1v) is 9.07. The molecule has 0 aliphatic carbocycles. The maximum absolute atomic E-state index is 12.5. The van der Waals surface area contributed by atoms with Gasteiger partial charge in [0.05, 0.1) is 23.7 Å². The first-order valence-electron chi connectivity index (χ1n) is 7.42. The third-order valence-corrected chi connectivity index (χ3v) is 5.13. The summed E-state index contributed by atoms with van der Waals surface area (Å²) in [5, 5.41) is 0. The predicted molar refractivity (Wildman–Crippen MR) is 88.7 cm³/mol. The first kappa shape index (κ1) is 16.8. The molecule has 0 fully saturated rings. The molecule has 0 radical (unpaired) electrons. The number of para-hydroxylation sites is 2. The van der Waals surface area contributed by atoms with Gasteiger partial charge in [0.1, 0.15) is 0 Å². The number of fused-ring (bicyclic) bond motifs is 1. The number of amides is 1. The van der Waals surface area contributed by atoms with Crippen LogP contribution in [-0.4, -0.2) is 46.8 Å². The number of hydrogen-bond acceptors (Lipinski definition) is 4. The highest BCUT2D eigenvalue weighted by molar-refractivity contribution is 7.89. The van der Waals surface area contributed by atoms with Crippen LogP contribution in [-0.2, 0) is 14.8 Å². The van der Waals surface area contributed by atoms with E-state index in [-0.39, 0.29) is 18.2 Å². The van der Waals surface area contributed by atoms with Crippen molar-refractivity contribution in [1.29, 1.82) is 0 Å². The topological polar surface area (TPSA) is 69.7 Å². The number of sulfonamides is 1. The fraction of sp³-hybridized carbons (Fsp3) is 0.533. The van der Waals surface area contributed by atoms with E-state index in [1.165, 1.54) is 0 Å². The molecule has 1 aliphatic heterocycles. The molecule has 0 saturated heterocycles. The average Bonchev–Trinajstić information content (AvgIpc) is 2.62. The number of hydrogen-bond donors (Lipinski definition) is 1. The highest BCUT2D eigenvalue weighted by Crippen LogP contribution is 2.32. The lowest BCUT2D eigenvalue weighted by atomic mass is 10.1. The fourth-order valence-electron chi connectivity index (χ4n) is 2.65. The Hall–Kier alpha value is -1.60. The number of nitrogens with zero attached hydrogens (tertiary/aromatic N) is 2. The van der Waals surface area contributed by atoms with Crippen molar-refractivity contribution in [1.82, 2.24) is 4.72 Å². The number of rotatable bonds is 4. The van der Waals surface area contributed by atoms with Gasteiger partial charge in [-0.1, -0.05) is 19.1 Å². The molecule has 22 heavy (non-hydrogen) atoms. The zero-order valence-corrected chi connectivity index (χ0v) is 14.1. The number of carbonyl (C=O) groups excluding carboxylic acids is 1. The van der Waals surface area contributed by atoms with E-state index in [0.717, 1.165) is 17.9 Å². The third-order valence-electron chi connectivity index (χ3n) is 3.79. The minimum Gasteiger partial charge on any atom is -0.373 e. The van der Waals surface area contributed by atoms with Gasteiger partial charge in [0.15, 0.2) is 0 Å². The maximum Gasteiger partial charge on any atom is 0.242 e. The molecule has 1 aliphatic rings. The van der Waals surface area contributed by atoms with E-state index in [9.17, 15) is 13.2 Å². The maximum atomic E-state index is 12.5. The Bertz CT molecular complexity index is 645. The van der Waals surface area contributed by atoms with Crippen molar-refractivity contribution in [3.63, 3.8) is 0 Å². The Kier molecular flexibility index (Phi) is 5.08. The van der Waals surface area contributed by atoms with E-state index in [1.807, 2.05) is 31.3 Å². The molecule has 0 bridgehead atoms. The number of nitrogens with one attached hydrogen (secondary N) is 1. The highest BCUT2D eigenvalue weighted by atomic mass is 32.2. The SMILES string of the molecule is CCS(=O)(=O)NCC(=O)N1C[C@H](C)CN(C)c2ccccc21. The quantitative estimate of drug-likeness (QED) is 0.898. The van der Waals surface area contributed by atoms with Crippen LogP contribution in [0.1, 0.15) is 13.8 Å². The molecule has 1 aromatic rings. The summed E-state index contributed by atoms with van der Waals surface area (Å²) in [6.45, 7) is 4.85. The van der Waals surface area contributed by atoms with E-state index in [2.05, 4.69) is 16.5 Å². The number of anilines is 2. The summed E-state index contributed by atoms with van der Waals surface area (Å²) in [5.41, 5.74) is 1.81. The van der Waals surface area contributed by atoms with Gasteiger partial charge in [-0.05, 0) is 25.0 Å². The van der Waals surface area contributed by atoms with Crippen LogP contribution in [0.3, 0.4) is 0 Å². The van der Waals surface area contributed by atoms with Crippen molar-refractivity contribution in [2.24, 2.45) is 5.92 Å². The van der Waals surface area contributed by atoms with E-state index < -0.39 is 10.0 Å². The van der Waals surface area contributed by atoms with Gasteiger partial charge < -0.3 is 9.80 Å². The molecule has 2 rings (SSSR count). The van der Waals surface area contributed by atoms with Gasteiger partial charge in [0.2, 0.25) is 15.9 Å². The molecular weight excluding hydrogens is 302 g/mol. The summed E-state index contributed by atoms with van der Waals surface area (Å²) < 4.78 is 25.4. The van der Waals surface area contributed by atoms with Crippen LogP contribution in [0.5, 0.6) is 0 Å². The molecule has 6 nitrogen and oxygen atoms in total. The summed E-state index contributed by atoms with van der Waals surface area (Å²) >= 11 is 0. The van der Waals surface area contributed by atoms with Crippen molar-refractivity contribution >= 4 is 27.3 Å². The smallest absolute Gasteiger partial charge is 0.242 e. The van der Waals surface area contributed by atoms with Crippen LogP contribution >= 0.6 is 0 Å². The highest BCUT2D eigenvalue weighted by Gasteiger charge is 2.26. The summed E-state index contributed by atoms with van der Waals surface area (Å²) in [7, 11) is -1.37. The van der Waals surface area contributed by atoms with Crippen LogP contribution in [0.4, 0.5) is 11.4 Å². The molecule has 1 atom stereocenters. The van der Waals surface area contributed by atoms with E-state index in [0.29, 0.717) is 12.5 Å². The summed E-state index contributed by atoms with van der Waals surface area (Å²) in [5.74, 6) is 0.0338. The third kappa shape index (κ3) is 3.78. The lowest BCUT2D eigenvalue weighted by Crippen LogP contribution is -2.42. The van der Waals surface area contributed by atoms with Crippen LogP contribution in [0.15, 0.2) is 24.3 Å². The summed E-state index contributed by atoms with van der Waals surface area (Å²) in [6.07, 6.45) is 0. The molecule has 7 heteroatoms. The minimum absolute atomic E-state index is 0.0317. The van der Waals surface area contributed by atoms with Gasteiger partial charge in [0, 0.05) is 20.1 Å². The molecule has 0 spiro atoms. The first-order chi connectivity index (χ1) is 10.3. The normalized spacial score (nSPS) is 18.8. The summed E-state index contributed by atoms with van der Waals surface area (Å²) in [4.78, 5) is 16.3. The van der Waals surface area contributed by atoms with Gasteiger partial charge in [0.25, 0.3) is 0 Å². The van der Waals surface area contributed by atoms with Crippen LogP contribution in [0, 0.1) is 5.92 Å². The average molecular weight is 325 g/mol. The second-order valence-corrected chi connectivity index (χ2v) is 7.80. The molecule has 0 saturated carbocycles. The van der Waals surface area contributed by atoms with Crippen molar-refractivity contribution in [2.75, 3.05) is 42.2 Å². The minimum atomic E-state index is -3.37. The second-order valence-electron chi connectivity index (χ2n) is 5.70. The van der Waals surface area contributed by atoms with Gasteiger partial charge in [-0.2, -0.15) is 0 Å². The van der Waals surface area contributed by atoms with E-state index in [1.54, 1.807) is 11.8 Å². The lowest BCUT2D eigenvalue weighted by molar-refractivity contribution is -0.117. The Morgan fingerprint density at radius 3 is 2.55 bits per heavy atom. The standard InChI is InChI=1S/C15H23N3O3S/c1-4-22(20,21)16-9-15(19)18-11-12(2)10-17(3)13-7-5-6-8-14(13)18/h5-8,12,16H,4,9-11H2,1-3H3/t12-/m1/s1. The molecule has 1 N–H and O–H groups in total. The summed E-state index contributed by atoms with van der Waals surface area (Å²) in [6, 6.07) is 7.70. The molecular formula is C15H23N3O3S. The van der Waals surface area contributed by atoms with E-state index in [4.69, 9.17) is 0 Å². The van der Waals surface area contributed by atoms with Crippen LogP contribution in [0.25, 0.3) is 0 Å². The largest absolute Gasteiger partial charge is 0.373 e. The number of carbonyl (C=O) groups is 1. The lowest BCUT2D eigenvalue weighted by Gasteiger charge is -2.24. The van der Waals surface area contributed by atoms with Gasteiger partial charge in [-0.3, -0.25) is 4.79 Å². The zero-order valence-electron chi connectivity index (χ0n) is 13.2. The van der Waals surface area contributed by atoms with E-state index >= 15 is 0 Å². The van der Waals surface area contributed by atoms with Crippen LogP contribution in [0.2, 0.25) is 0 Å². The van der Waals surface area contributed by atoms with Crippen LogP contribution < -0.4 is 14.5 Å². The molecule has 0 aromatic heterocycles. The molecule has 1 amide bonds. The van der Waals surface area contributed by atoms with Crippen molar-refractivity contribution in [3.8, 4) is 0 Å². The molecule has 1 aromatic carbocycles. The van der Waals surface area contributed by atoms with Crippen molar-refractivity contribution < 1.29 is 13.2 Å². The fourth-order valence-corrected chi connectivity index (χ4v) is 3.20. The van der Waals surface area contributed by atoms with Gasteiger partial charge >= 0.3 is 0 Å². The van der Waals surface area contributed by atoms with Gasteiger partial charge in [-0.25, -0.2) is 13.1 Å². The Morgan fingerprint density at radius 2 is 1.91 bits per heavy atom. The Balaban J connectivity index is 2.25. The molecule has 122 valence electrons. The van der Waals surface area contributed by atoms with Crippen molar-refractivity contribution in [2.45, 2.75) is 13.8 Å². The molecule has 1 heterocycles. The molecule has 0 unspecified atom stereocenters. The second kappa shape index (κ2) is 6.66. The number of benzene rings is 1. The predicted octanol–water partition coefficient (Wildman–Crippen LogP) is 1.04.